The van der Waals surface area contributed by atoms with Gasteiger partial charge in [0.05, 0.1) is 0 Å². The molecular formula is C19H24Cl2O2Ti. The van der Waals surface area contributed by atoms with Crippen LogP contribution in [0.3, 0.4) is 0 Å². The molecule has 2 N–H and O–H groups in total. The summed E-state index contributed by atoms with van der Waals surface area (Å²) >= 11 is -0.556. The molecular weight excluding hydrogens is 379 g/mol. The van der Waals surface area contributed by atoms with Gasteiger partial charge >= 0.3 is 35.6 Å². The third-order valence-electron chi connectivity index (χ3n) is 3.76. The SMILES string of the molecule is Cc1ccc(O)c(Cc2cc(C)cc(C(C)(C)C)c2O)c1.[Cl][Ti][Cl]. The van der Waals surface area contributed by atoms with Crippen molar-refractivity contribution in [3.63, 3.8) is 0 Å². The molecule has 130 valence electrons. The molecule has 0 atom stereocenters. The molecule has 0 spiro atoms. The van der Waals surface area contributed by atoms with Crippen molar-refractivity contribution in [3.8, 4) is 11.5 Å². The molecule has 5 heteroatoms. The van der Waals surface area contributed by atoms with Crippen molar-refractivity contribution in [1.82, 2.24) is 0 Å². The van der Waals surface area contributed by atoms with Gasteiger partial charge in [0.2, 0.25) is 0 Å². The van der Waals surface area contributed by atoms with Gasteiger partial charge in [-0.2, -0.15) is 0 Å². The molecule has 2 aromatic carbocycles. The fourth-order valence-electron chi connectivity index (χ4n) is 2.62. The number of hydrogen-bond acceptors (Lipinski definition) is 2. The van der Waals surface area contributed by atoms with Crippen LogP contribution in [0.15, 0.2) is 30.3 Å². The summed E-state index contributed by atoms with van der Waals surface area (Å²) in [6, 6.07) is 9.59. The molecule has 2 aromatic rings. The number of benzene rings is 2. The molecule has 2 rings (SSSR count). The average Bonchev–Trinajstić information content (AvgIpc) is 2.46. The van der Waals surface area contributed by atoms with Crippen molar-refractivity contribution >= 4 is 18.6 Å². The number of phenols is 2. The summed E-state index contributed by atoms with van der Waals surface area (Å²) < 4.78 is 0. The molecule has 0 aliphatic heterocycles. The van der Waals surface area contributed by atoms with Gasteiger partial charge in [-0.1, -0.05) is 56.2 Å². The van der Waals surface area contributed by atoms with E-state index in [1.165, 1.54) is 0 Å². The van der Waals surface area contributed by atoms with Crippen molar-refractivity contribution in [3.05, 3.63) is 58.1 Å². The van der Waals surface area contributed by atoms with E-state index in [-0.39, 0.29) is 11.2 Å². The second-order valence-corrected chi connectivity index (χ2v) is 9.53. The Balaban J connectivity index is 0.000000891. The predicted molar refractivity (Wildman–Crippen MR) is 98.9 cm³/mol. The van der Waals surface area contributed by atoms with Crippen LogP contribution in [-0.4, -0.2) is 10.2 Å². The Morgan fingerprint density at radius 2 is 1.46 bits per heavy atom. The molecule has 0 unspecified atom stereocenters. The van der Waals surface area contributed by atoms with Crippen LogP contribution in [0.25, 0.3) is 0 Å². The molecule has 0 amide bonds. The van der Waals surface area contributed by atoms with E-state index < -0.39 is 17.0 Å². The Labute approximate surface area is 161 Å². The number of aryl methyl sites for hydroxylation is 2. The predicted octanol–water partition coefficient (Wildman–Crippen LogP) is 5.98. The van der Waals surface area contributed by atoms with Crippen molar-refractivity contribution in [2.24, 2.45) is 0 Å². The van der Waals surface area contributed by atoms with Crippen molar-refractivity contribution in [1.29, 1.82) is 0 Å². The van der Waals surface area contributed by atoms with Crippen LogP contribution in [-0.2, 0) is 28.9 Å². The summed E-state index contributed by atoms with van der Waals surface area (Å²) in [7, 11) is 9.78. The maximum absolute atomic E-state index is 10.6. The molecule has 0 saturated carbocycles. The van der Waals surface area contributed by atoms with Crippen molar-refractivity contribution in [2.75, 3.05) is 0 Å². The summed E-state index contributed by atoms with van der Waals surface area (Å²) in [5.41, 5.74) is 4.77. The first-order chi connectivity index (χ1) is 11.1. The van der Waals surface area contributed by atoms with Crippen LogP contribution in [0.5, 0.6) is 11.5 Å². The van der Waals surface area contributed by atoms with E-state index in [2.05, 4.69) is 20.8 Å². The maximum atomic E-state index is 10.6. The standard InChI is InChI=1S/C19H24O2.2ClH.Ti/c1-12-6-7-17(20)14(8-12)11-15-9-13(2)10-16(18(15)21)19(3,4)5;;;/h6-10,20-21H,11H2,1-5H3;2*1H;/q;;;+2/p-2. The van der Waals surface area contributed by atoms with E-state index in [4.69, 9.17) is 18.6 Å². The monoisotopic (exact) mass is 402 g/mol. The van der Waals surface area contributed by atoms with Crippen LogP contribution in [0.2, 0.25) is 0 Å². The Bertz CT molecular complexity index is 694. The molecule has 0 fully saturated rings. The summed E-state index contributed by atoms with van der Waals surface area (Å²) in [5.74, 6) is 0.618. The first-order valence-electron chi connectivity index (χ1n) is 7.68. The first-order valence-corrected chi connectivity index (χ1v) is 12.0. The van der Waals surface area contributed by atoms with E-state index in [0.717, 1.165) is 27.8 Å². The van der Waals surface area contributed by atoms with Gasteiger partial charge in [-0.05, 0) is 42.0 Å². The van der Waals surface area contributed by atoms with Gasteiger partial charge in [0.25, 0.3) is 0 Å². The minimum absolute atomic E-state index is 0.112. The zero-order chi connectivity index (χ0) is 18.5. The minimum atomic E-state index is -0.556. The number of aromatic hydroxyl groups is 2. The van der Waals surface area contributed by atoms with E-state index >= 15 is 0 Å². The van der Waals surface area contributed by atoms with Crippen LogP contribution >= 0.6 is 18.6 Å². The topological polar surface area (TPSA) is 40.5 Å². The number of halogens is 2. The Hall–Kier alpha value is -0.666. The van der Waals surface area contributed by atoms with Gasteiger partial charge in [0.1, 0.15) is 11.5 Å². The molecule has 0 bridgehead atoms. The second kappa shape index (κ2) is 9.15. The third-order valence-corrected chi connectivity index (χ3v) is 3.76. The normalized spacial score (nSPS) is 10.8. The van der Waals surface area contributed by atoms with Gasteiger partial charge < -0.3 is 10.2 Å². The molecule has 0 aliphatic carbocycles. The second-order valence-electron chi connectivity index (χ2n) is 6.95. The molecule has 0 heterocycles. The van der Waals surface area contributed by atoms with E-state index in [0.29, 0.717) is 12.2 Å². The van der Waals surface area contributed by atoms with Gasteiger partial charge in [0, 0.05) is 6.42 Å². The van der Waals surface area contributed by atoms with Crippen LogP contribution < -0.4 is 0 Å². The first kappa shape index (κ1) is 21.4. The fourth-order valence-corrected chi connectivity index (χ4v) is 2.62. The average molecular weight is 403 g/mol. The van der Waals surface area contributed by atoms with Crippen molar-refractivity contribution in [2.45, 2.75) is 46.5 Å². The van der Waals surface area contributed by atoms with Gasteiger partial charge in [0.15, 0.2) is 0 Å². The number of hydrogen-bond donors (Lipinski definition) is 2. The zero-order valence-electron chi connectivity index (χ0n) is 14.7. The summed E-state index contributed by atoms with van der Waals surface area (Å²) in [6.07, 6.45) is 0.532. The summed E-state index contributed by atoms with van der Waals surface area (Å²) in [5, 5.41) is 20.6. The van der Waals surface area contributed by atoms with E-state index in [9.17, 15) is 10.2 Å². The summed E-state index contributed by atoms with van der Waals surface area (Å²) in [6.45, 7) is 10.3. The van der Waals surface area contributed by atoms with Crippen LogP contribution in [0, 0.1) is 13.8 Å². The Kier molecular flexibility index (Phi) is 8.15. The van der Waals surface area contributed by atoms with Gasteiger partial charge in [-0.15, -0.1) is 0 Å². The fraction of sp³-hybridized carbons (Fsp3) is 0.368. The summed E-state index contributed by atoms with van der Waals surface area (Å²) in [4.78, 5) is 0. The van der Waals surface area contributed by atoms with Crippen LogP contribution in [0.4, 0.5) is 0 Å². The molecule has 0 saturated heterocycles. The third kappa shape index (κ3) is 6.00. The Morgan fingerprint density at radius 1 is 0.917 bits per heavy atom. The number of rotatable bonds is 2. The molecule has 2 nitrogen and oxygen atoms in total. The number of phenolic OH excluding ortho intramolecular Hbond substituents is 2. The molecule has 0 radical (unpaired) electrons. The van der Waals surface area contributed by atoms with E-state index in [1.807, 2.05) is 38.1 Å². The molecule has 0 aliphatic rings. The molecule has 0 aromatic heterocycles. The van der Waals surface area contributed by atoms with Crippen molar-refractivity contribution < 1.29 is 27.2 Å². The zero-order valence-corrected chi connectivity index (χ0v) is 17.8. The quantitative estimate of drug-likeness (QED) is 0.606. The Morgan fingerprint density at radius 3 is 2.00 bits per heavy atom. The van der Waals surface area contributed by atoms with Gasteiger partial charge in [-0.25, -0.2) is 0 Å². The van der Waals surface area contributed by atoms with Crippen LogP contribution in [0.1, 0.15) is 48.6 Å². The van der Waals surface area contributed by atoms with E-state index in [1.54, 1.807) is 6.07 Å². The molecule has 24 heavy (non-hydrogen) atoms. The van der Waals surface area contributed by atoms with Gasteiger partial charge in [-0.3, -0.25) is 0 Å².